The maximum atomic E-state index is 12.5. The first kappa shape index (κ1) is 19.4. The number of aryl methyl sites for hydroxylation is 1. The normalized spacial score (nSPS) is 10.4. The molecule has 0 unspecified atom stereocenters. The Hall–Kier alpha value is -3.34. The summed E-state index contributed by atoms with van der Waals surface area (Å²) in [6.07, 6.45) is 2.38. The van der Waals surface area contributed by atoms with Gasteiger partial charge in [0.25, 0.3) is 5.91 Å². The number of amides is 1. The van der Waals surface area contributed by atoms with Gasteiger partial charge in [0.2, 0.25) is 0 Å². The fourth-order valence-electron chi connectivity index (χ4n) is 2.92. The summed E-state index contributed by atoms with van der Waals surface area (Å²) in [6.45, 7) is 4.68. The molecule has 5 heteroatoms. The smallest absolute Gasteiger partial charge is 0.251 e. The number of ether oxygens (including phenoxy) is 1. The molecule has 0 aliphatic rings. The van der Waals surface area contributed by atoms with Crippen LogP contribution in [0.4, 0.5) is 11.5 Å². The zero-order valence-corrected chi connectivity index (χ0v) is 16.5. The lowest BCUT2D eigenvalue weighted by Gasteiger charge is -2.12. The van der Waals surface area contributed by atoms with Crippen molar-refractivity contribution in [3.63, 3.8) is 0 Å². The van der Waals surface area contributed by atoms with Gasteiger partial charge in [0.15, 0.2) is 0 Å². The molecule has 1 heterocycles. The maximum Gasteiger partial charge on any atom is 0.251 e. The summed E-state index contributed by atoms with van der Waals surface area (Å²) in [4.78, 5) is 16.8. The lowest BCUT2D eigenvalue weighted by atomic mass is 10.1. The Labute approximate surface area is 165 Å². The Morgan fingerprint density at radius 1 is 1.07 bits per heavy atom. The van der Waals surface area contributed by atoms with Crippen LogP contribution in [0.1, 0.15) is 27.0 Å². The largest absolute Gasteiger partial charge is 0.497 e. The molecular formula is C23H25N3O2. The molecule has 2 aromatic carbocycles. The molecule has 5 nitrogen and oxygen atoms in total. The van der Waals surface area contributed by atoms with Crippen molar-refractivity contribution in [2.24, 2.45) is 0 Å². The number of nitrogens with zero attached hydrogens (tertiary/aromatic N) is 1. The highest BCUT2D eigenvalue weighted by Crippen LogP contribution is 2.22. The van der Waals surface area contributed by atoms with E-state index in [1.54, 1.807) is 25.4 Å². The molecule has 0 spiro atoms. The number of pyridine rings is 1. The fourth-order valence-corrected chi connectivity index (χ4v) is 2.92. The average Bonchev–Trinajstić information content (AvgIpc) is 2.72. The maximum absolute atomic E-state index is 12.5. The van der Waals surface area contributed by atoms with Crippen molar-refractivity contribution in [2.75, 3.05) is 19.0 Å². The molecule has 0 aliphatic carbocycles. The van der Waals surface area contributed by atoms with Gasteiger partial charge in [0.05, 0.1) is 7.11 Å². The molecule has 1 aromatic heterocycles. The summed E-state index contributed by atoms with van der Waals surface area (Å²) in [5, 5.41) is 6.26. The number of nitrogens with one attached hydrogen (secondary N) is 2. The van der Waals surface area contributed by atoms with Crippen molar-refractivity contribution in [2.45, 2.75) is 20.3 Å². The number of rotatable bonds is 7. The number of carbonyl (C=O) groups excluding carboxylic acids is 1. The van der Waals surface area contributed by atoms with E-state index in [1.807, 2.05) is 36.4 Å². The third kappa shape index (κ3) is 4.88. The van der Waals surface area contributed by atoms with Crippen molar-refractivity contribution in [1.82, 2.24) is 10.3 Å². The number of hydrogen-bond donors (Lipinski definition) is 2. The number of methoxy groups -OCH3 is 1. The van der Waals surface area contributed by atoms with Gasteiger partial charge in [-0.1, -0.05) is 24.3 Å². The van der Waals surface area contributed by atoms with Crippen molar-refractivity contribution in [3.05, 3.63) is 83.0 Å². The highest BCUT2D eigenvalue weighted by atomic mass is 16.5. The topological polar surface area (TPSA) is 63.2 Å². The lowest BCUT2D eigenvalue weighted by molar-refractivity contribution is 0.0954. The van der Waals surface area contributed by atoms with Crippen LogP contribution >= 0.6 is 0 Å². The molecule has 0 saturated heterocycles. The number of aromatic nitrogens is 1. The van der Waals surface area contributed by atoms with Gasteiger partial charge >= 0.3 is 0 Å². The molecule has 0 radical (unpaired) electrons. The predicted octanol–water partition coefficient (Wildman–Crippen LogP) is 4.42. The Morgan fingerprint density at radius 3 is 2.71 bits per heavy atom. The second-order valence-corrected chi connectivity index (χ2v) is 6.66. The highest BCUT2D eigenvalue weighted by Gasteiger charge is 2.08. The van der Waals surface area contributed by atoms with E-state index < -0.39 is 0 Å². The summed E-state index contributed by atoms with van der Waals surface area (Å²) in [5.41, 5.74) is 5.05. The van der Waals surface area contributed by atoms with Gasteiger partial charge in [-0.2, -0.15) is 0 Å². The van der Waals surface area contributed by atoms with Crippen molar-refractivity contribution in [1.29, 1.82) is 0 Å². The van der Waals surface area contributed by atoms with Crippen LogP contribution < -0.4 is 15.4 Å². The first-order chi connectivity index (χ1) is 13.6. The molecule has 2 N–H and O–H groups in total. The van der Waals surface area contributed by atoms with Crippen LogP contribution in [0.3, 0.4) is 0 Å². The predicted molar refractivity (Wildman–Crippen MR) is 112 cm³/mol. The standard InChI is InChI=1S/C23H25N3O2/c1-16-6-4-9-21(17(16)2)26-22-15-19(11-13-24-22)23(27)25-12-10-18-7-5-8-20(14-18)28-3/h4-9,11,13-15H,10,12H2,1-3H3,(H,24,26)(H,25,27). The summed E-state index contributed by atoms with van der Waals surface area (Å²) < 4.78 is 5.23. The van der Waals surface area contributed by atoms with E-state index in [4.69, 9.17) is 4.74 Å². The van der Waals surface area contributed by atoms with Crippen LogP contribution in [-0.2, 0) is 6.42 Å². The molecule has 3 rings (SSSR count). The second-order valence-electron chi connectivity index (χ2n) is 6.66. The third-order valence-electron chi connectivity index (χ3n) is 4.72. The summed E-state index contributed by atoms with van der Waals surface area (Å²) >= 11 is 0. The molecule has 28 heavy (non-hydrogen) atoms. The van der Waals surface area contributed by atoms with E-state index in [1.165, 1.54) is 5.56 Å². The molecule has 0 atom stereocenters. The van der Waals surface area contributed by atoms with Gasteiger partial charge in [0, 0.05) is 24.0 Å². The fraction of sp³-hybridized carbons (Fsp3) is 0.217. The van der Waals surface area contributed by atoms with Crippen LogP contribution in [0, 0.1) is 13.8 Å². The van der Waals surface area contributed by atoms with Crippen LogP contribution in [0.15, 0.2) is 60.8 Å². The zero-order valence-electron chi connectivity index (χ0n) is 16.5. The number of benzene rings is 2. The highest BCUT2D eigenvalue weighted by molar-refractivity contribution is 5.94. The van der Waals surface area contributed by atoms with Crippen LogP contribution in [0.5, 0.6) is 5.75 Å². The quantitative estimate of drug-likeness (QED) is 0.641. The van der Waals surface area contributed by atoms with E-state index in [2.05, 4.69) is 35.5 Å². The summed E-state index contributed by atoms with van der Waals surface area (Å²) in [7, 11) is 1.65. The minimum absolute atomic E-state index is 0.116. The lowest BCUT2D eigenvalue weighted by Crippen LogP contribution is -2.25. The van der Waals surface area contributed by atoms with Gasteiger partial charge in [-0.15, -0.1) is 0 Å². The Morgan fingerprint density at radius 2 is 1.89 bits per heavy atom. The van der Waals surface area contributed by atoms with Crippen LogP contribution in [-0.4, -0.2) is 24.5 Å². The molecule has 0 aliphatic heterocycles. The minimum atomic E-state index is -0.116. The molecule has 3 aromatic rings. The number of hydrogen-bond acceptors (Lipinski definition) is 4. The monoisotopic (exact) mass is 375 g/mol. The summed E-state index contributed by atoms with van der Waals surface area (Å²) in [6, 6.07) is 17.4. The van der Waals surface area contributed by atoms with E-state index in [9.17, 15) is 4.79 Å². The number of anilines is 2. The molecule has 0 saturated carbocycles. The zero-order chi connectivity index (χ0) is 19.9. The first-order valence-corrected chi connectivity index (χ1v) is 9.27. The van der Waals surface area contributed by atoms with Gasteiger partial charge in [0.1, 0.15) is 11.6 Å². The first-order valence-electron chi connectivity index (χ1n) is 9.27. The summed E-state index contributed by atoms with van der Waals surface area (Å²) in [5.74, 6) is 1.35. The Balaban J connectivity index is 1.61. The second kappa shape index (κ2) is 9.04. The van der Waals surface area contributed by atoms with Crippen LogP contribution in [0.2, 0.25) is 0 Å². The van der Waals surface area contributed by atoms with Gasteiger partial charge in [-0.25, -0.2) is 4.98 Å². The van der Waals surface area contributed by atoms with Crippen LogP contribution in [0.25, 0.3) is 0 Å². The average molecular weight is 375 g/mol. The van der Waals surface area contributed by atoms with Gasteiger partial charge in [-0.3, -0.25) is 4.79 Å². The van der Waals surface area contributed by atoms with E-state index in [0.29, 0.717) is 17.9 Å². The SMILES string of the molecule is COc1cccc(CCNC(=O)c2ccnc(Nc3cccc(C)c3C)c2)c1. The minimum Gasteiger partial charge on any atom is -0.497 e. The molecule has 0 fully saturated rings. The van der Waals surface area contributed by atoms with E-state index >= 15 is 0 Å². The molecule has 144 valence electrons. The van der Waals surface area contributed by atoms with Crippen molar-refractivity contribution in [3.8, 4) is 5.75 Å². The number of carbonyl (C=O) groups is 1. The Bertz CT molecular complexity index is 970. The Kier molecular flexibility index (Phi) is 6.27. The van der Waals surface area contributed by atoms with Gasteiger partial charge in [-0.05, 0) is 67.3 Å². The third-order valence-corrected chi connectivity index (χ3v) is 4.72. The van der Waals surface area contributed by atoms with Crippen molar-refractivity contribution < 1.29 is 9.53 Å². The van der Waals surface area contributed by atoms with Crippen molar-refractivity contribution >= 4 is 17.4 Å². The van der Waals surface area contributed by atoms with E-state index in [-0.39, 0.29) is 5.91 Å². The van der Waals surface area contributed by atoms with E-state index in [0.717, 1.165) is 29.0 Å². The van der Waals surface area contributed by atoms with Gasteiger partial charge < -0.3 is 15.4 Å². The molecule has 1 amide bonds. The molecular weight excluding hydrogens is 350 g/mol. The molecule has 0 bridgehead atoms.